The van der Waals surface area contributed by atoms with E-state index in [9.17, 15) is 8.42 Å². The van der Waals surface area contributed by atoms with Crippen LogP contribution in [0.4, 0.5) is 0 Å². The van der Waals surface area contributed by atoms with Crippen LogP contribution in [0.2, 0.25) is 0 Å². The lowest BCUT2D eigenvalue weighted by molar-refractivity contribution is 0.596. The SMILES string of the molecule is CCc1cccc2c(S(=O)(=O)c3ccc(C)cc3)cnnc12. The van der Waals surface area contributed by atoms with Gasteiger partial charge in [-0.1, -0.05) is 42.8 Å². The van der Waals surface area contributed by atoms with Crippen molar-refractivity contribution in [3.63, 3.8) is 0 Å². The van der Waals surface area contributed by atoms with Crippen molar-refractivity contribution in [2.24, 2.45) is 0 Å². The van der Waals surface area contributed by atoms with E-state index in [0.717, 1.165) is 17.5 Å². The molecule has 4 nitrogen and oxygen atoms in total. The van der Waals surface area contributed by atoms with Gasteiger partial charge >= 0.3 is 0 Å². The number of hydrogen-bond donors (Lipinski definition) is 0. The van der Waals surface area contributed by atoms with Gasteiger partial charge in [0.25, 0.3) is 0 Å². The fourth-order valence-corrected chi connectivity index (χ4v) is 3.85. The Kier molecular flexibility index (Phi) is 3.66. The fourth-order valence-electron chi connectivity index (χ4n) is 2.46. The maximum absolute atomic E-state index is 12.9. The van der Waals surface area contributed by atoms with Gasteiger partial charge < -0.3 is 0 Å². The van der Waals surface area contributed by atoms with E-state index in [1.165, 1.54) is 6.20 Å². The van der Waals surface area contributed by atoms with Gasteiger partial charge in [-0.25, -0.2) is 8.42 Å². The number of aromatic nitrogens is 2. The third kappa shape index (κ3) is 2.37. The van der Waals surface area contributed by atoms with E-state index in [1.807, 2.05) is 26.0 Å². The first-order valence-electron chi connectivity index (χ1n) is 7.09. The maximum atomic E-state index is 12.9. The zero-order valence-corrected chi connectivity index (χ0v) is 13.3. The molecule has 0 fully saturated rings. The van der Waals surface area contributed by atoms with Crippen molar-refractivity contribution in [3.05, 3.63) is 59.8 Å². The zero-order chi connectivity index (χ0) is 15.7. The molecule has 0 radical (unpaired) electrons. The molecular weight excluding hydrogens is 296 g/mol. The smallest absolute Gasteiger partial charge is 0.208 e. The van der Waals surface area contributed by atoms with Gasteiger partial charge in [0, 0.05) is 5.39 Å². The van der Waals surface area contributed by atoms with E-state index in [2.05, 4.69) is 10.2 Å². The number of fused-ring (bicyclic) bond motifs is 1. The molecular formula is C17H16N2O2S. The average molecular weight is 312 g/mol. The van der Waals surface area contributed by atoms with E-state index in [1.54, 1.807) is 30.3 Å². The van der Waals surface area contributed by atoms with Crippen LogP contribution in [0, 0.1) is 6.92 Å². The minimum Gasteiger partial charge on any atom is -0.218 e. The number of rotatable bonds is 3. The average Bonchev–Trinajstić information content (AvgIpc) is 2.54. The first kappa shape index (κ1) is 14.7. The number of benzene rings is 2. The van der Waals surface area contributed by atoms with Gasteiger partial charge in [-0.15, -0.1) is 0 Å². The highest BCUT2D eigenvalue weighted by atomic mass is 32.2. The molecule has 3 rings (SSSR count). The van der Waals surface area contributed by atoms with Gasteiger partial charge in [0.15, 0.2) is 0 Å². The molecule has 1 aromatic heterocycles. The lowest BCUT2D eigenvalue weighted by atomic mass is 10.1. The van der Waals surface area contributed by atoms with Crippen molar-refractivity contribution in [1.82, 2.24) is 10.2 Å². The van der Waals surface area contributed by atoms with Crippen LogP contribution in [0.15, 0.2) is 58.5 Å². The molecule has 0 amide bonds. The second-order valence-electron chi connectivity index (χ2n) is 5.19. The summed E-state index contributed by atoms with van der Waals surface area (Å²) in [5.74, 6) is 0. The van der Waals surface area contributed by atoms with Crippen molar-refractivity contribution in [1.29, 1.82) is 0 Å². The fraction of sp³-hybridized carbons (Fsp3) is 0.176. The summed E-state index contributed by atoms with van der Waals surface area (Å²) in [6.07, 6.45) is 2.11. The molecule has 112 valence electrons. The number of aryl methyl sites for hydroxylation is 2. The van der Waals surface area contributed by atoms with Crippen LogP contribution in [-0.4, -0.2) is 18.6 Å². The van der Waals surface area contributed by atoms with Crippen LogP contribution in [0.3, 0.4) is 0 Å². The van der Waals surface area contributed by atoms with Gasteiger partial charge in [-0.2, -0.15) is 10.2 Å². The molecule has 1 heterocycles. The van der Waals surface area contributed by atoms with Gasteiger partial charge in [-0.3, -0.25) is 0 Å². The molecule has 0 aliphatic heterocycles. The molecule has 0 aliphatic rings. The third-order valence-electron chi connectivity index (χ3n) is 3.72. The van der Waals surface area contributed by atoms with E-state index in [0.29, 0.717) is 10.9 Å². The van der Waals surface area contributed by atoms with Crippen molar-refractivity contribution >= 4 is 20.7 Å². The van der Waals surface area contributed by atoms with E-state index >= 15 is 0 Å². The highest BCUT2D eigenvalue weighted by Gasteiger charge is 2.21. The number of sulfone groups is 1. The molecule has 0 bridgehead atoms. The molecule has 0 saturated heterocycles. The summed E-state index contributed by atoms with van der Waals surface area (Å²) in [4.78, 5) is 0.478. The van der Waals surface area contributed by atoms with E-state index in [-0.39, 0.29) is 9.79 Å². The molecule has 0 unspecified atom stereocenters. The predicted molar refractivity (Wildman–Crippen MR) is 85.5 cm³/mol. The van der Waals surface area contributed by atoms with Crippen LogP contribution in [0.25, 0.3) is 10.9 Å². The van der Waals surface area contributed by atoms with Gasteiger partial charge in [0.2, 0.25) is 9.84 Å². The summed E-state index contributed by atoms with van der Waals surface area (Å²) in [7, 11) is -3.61. The number of hydrogen-bond acceptors (Lipinski definition) is 4. The first-order valence-corrected chi connectivity index (χ1v) is 8.57. The van der Waals surface area contributed by atoms with Crippen molar-refractivity contribution in [2.75, 3.05) is 0 Å². The largest absolute Gasteiger partial charge is 0.218 e. The zero-order valence-electron chi connectivity index (χ0n) is 12.4. The monoisotopic (exact) mass is 312 g/mol. The summed E-state index contributed by atoms with van der Waals surface area (Å²) in [5, 5.41) is 8.64. The quantitative estimate of drug-likeness (QED) is 0.744. The van der Waals surface area contributed by atoms with Crippen molar-refractivity contribution in [3.8, 4) is 0 Å². The Morgan fingerprint density at radius 1 is 1.05 bits per heavy atom. The Morgan fingerprint density at radius 2 is 1.77 bits per heavy atom. The molecule has 22 heavy (non-hydrogen) atoms. The maximum Gasteiger partial charge on any atom is 0.208 e. The van der Waals surface area contributed by atoms with Crippen molar-refractivity contribution in [2.45, 2.75) is 30.1 Å². The summed E-state index contributed by atoms with van der Waals surface area (Å²) in [6.45, 7) is 3.94. The van der Waals surface area contributed by atoms with Gasteiger partial charge in [0.1, 0.15) is 4.90 Å². The van der Waals surface area contributed by atoms with E-state index < -0.39 is 9.84 Å². The topological polar surface area (TPSA) is 59.9 Å². The Hall–Kier alpha value is -2.27. The molecule has 0 N–H and O–H groups in total. The standard InChI is InChI=1S/C17H16N2O2S/c1-3-13-5-4-6-15-16(11-18-19-17(13)15)22(20,21)14-9-7-12(2)8-10-14/h4-11H,3H2,1-2H3. The lowest BCUT2D eigenvalue weighted by Gasteiger charge is -2.09. The number of nitrogens with zero attached hydrogens (tertiary/aromatic N) is 2. The summed E-state index contributed by atoms with van der Waals surface area (Å²) < 4.78 is 25.8. The van der Waals surface area contributed by atoms with Gasteiger partial charge in [0.05, 0.1) is 16.6 Å². The second kappa shape index (κ2) is 5.50. The minimum atomic E-state index is -3.61. The van der Waals surface area contributed by atoms with Gasteiger partial charge in [-0.05, 0) is 31.0 Å². The summed E-state index contributed by atoms with van der Waals surface area (Å²) in [6, 6.07) is 12.4. The first-order chi connectivity index (χ1) is 10.5. The molecule has 5 heteroatoms. The molecule has 3 aromatic rings. The Morgan fingerprint density at radius 3 is 2.45 bits per heavy atom. The Labute approximate surface area is 129 Å². The molecule has 0 atom stereocenters. The van der Waals surface area contributed by atoms with Crippen molar-refractivity contribution < 1.29 is 8.42 Å². The van der Waals surface area contributed by atoms with Crippen LogP contribution in [0.5, 0.6) is 0 Å². The van der Waals surface area contributed by atoms with Crippen LogP contribution < -0.4 is 0 Å². The van der Waals surface area contributed by atoms with E-state index in [4.69, 9.17) is 0 Å². The molecule has 0 spiro atoms. The van der Waals surface area contributed by atoms with Crippen LogP contribution in [-0.2, 0) is 16.3 Å². The highest BCUT2D eigenvalue weighted by molar-refractivity contribution is 7.91. The summed E-state index contributed by atoms with van der Waals surface area (Å²) in [5.41, 5.74) is 2.66. The van der Waals surface area contributed by atoms with Crippen LogP contribution in [0.1, 0.15) is 18.1 Å². The Bertz CT molecular complexity index is 933. The predicted octanol–water partition coefficient (Wildman–Crippen LogP) is 3.33. The molecule has 2 aromatic carbocycles. The summed E-state index contributed by atoms with van der Waals surface area (Å²) >= 11 is 0. The minimum absolute atomic E-state index is 0.205. The Balaban J connectivity index is 2.28. The van der Waals surface area contributed by atoms with Crippen LogP contribution >= 0.6 is 0 Å². The second-order valence-corrected chi connectivity index (χ2v) is 7.11. The molecule has 0 saturated carbocycles. The third-order valence-corrected chi connectivity index (χ3v) is 5.52. The lowest BCUT2D eigenvalue weighted by Crippen LogP contribution is -2.05. The normalized spacial score (nSPS) is 11.7. The molecule has 0 aliphatic carbocycles. The highest BCUT2D eigenvalue weighted by Crippen LogP contribution is 2.28.